The summed E-state index contributed by atoms with van der Waals surface area (Å²) in [6.45, 7) is 2.34. The van der Waals surface area contributed by atoms with Crippen molar-refractivity contribution < 1.29 is 28.5 Å². The number of rotatable bonds is 10. The molecule has 6 aromatic rings. The maximum absolute atomic E-state index is 13.7. The lowest BCUT2D eigenvalue weighted by Gasteiger charge is -2.15. The van der Waals surface area contributed by atoms with E-state index in [1.54, 1.807) is 61.7 Å². The molecular weight excluding hydrogens is 642 g/mol. The maximum atomic E-state index is 13.7. The van der Waals surface area contributed by atoms with Crippen molar-refractivity contribution in [2.75, 3.05) is 13.7 Å². The number of furan rings is 1. The van der Waals surface area contributed by atoms with E-state index in [1.165, 1.54) is 17.0 Å². The first-order valence-electron chi connectivity index (χ1n) is 13.9. The number of aromatic carboxylic acids is 1. The Labute approximate surface area is 265 Å². The summed E-state index contributed by atoms with van der Waals surface area (Å²) < 4.78 is 25.3. The number of nitrogens with zero attached hydrogens (tertiary/aromatic N) is 3. The zero-order valence-electron chi connectivity index (χ0n) is 24.2. The average molecular weight is 669 g/mol. The summed E-state index contributed by atoms with van der Waals surface area (Å²) in [5.74, 6) is 1.07. The predicted molar refractivity (Wildman–Crippen MR) is 174 cm³/mol. The fourth-order valence-corrected chi connectivity index (χ4v) is 5.43. The zero-order chi connectivity index (χ0) is 31.5. The van der Waals surface area contributed by atoms with E-state index in [0.717, 1.165) is 5.39 Å². The molecule has 45 heavy (non-hydrogen) atoms. The number of carbonyl (C=O) groups is 1. The molecule has 0 spiro atoms. The van der Waals surface area contributed by atoms with Gasteiger partial charge in [-0.3, -0.25) is 4.79 Å². The van der Waals surface area contributed by atoms with Crippen LogP contribution in [0, 0.1) is 0 Å². The van der Waals surface area contributed by atoms with E-state index < -0.39 is 5.97 Å². The van der Waals surface area contributed by atoms with Crippen LogP contribution in [0.15, 0.2) is 104 Å². The van der Waals surface area contributed by atoms with Crippen LogP contribution in [0.4, 0.5) is 0 Å². The summed E-state index contributed by atoms with van der Waals surface area (Å²) in [4.78, 5) is 29.8. The van der Waals surface area contributed by atoms with E-state index in [-0.39, 0.29) is 23.6 Å². The fraction of sp³-hybridized carbons (Fsp3) is 0.118. The maximum Gasteiger partial charge on any atom is 0.335 e. The van der Waals surface area contributed by atoms with Gasteiger partial charge in [0.1, 0.15) is 17.9 Å². The Balaban J connectivity index is 1.39. The highest BCUT2D eigenvalue weighted by molar-refractivity contribution is 9.10. The Bertz CT molecular complexity index is 2150. The van der Waals surface area contributed by atoms with Crippen LogP contribution < -0.4 is 19.8 Å². The molecule has 0 unspecified atom stereocenters. The lowest BCUT2D eigenvalue weighted by molar-refractivity contribution is 0.0696. The van der Waals surface area contributed by atoms with E-state index in [4.69, 9.17) is 23.6 Å². The molecule has 0 aliphatic heterocycles. The number of hydrogen-bond acceptors (Lipinski definition) is 8. The number of para-hydroxylation sites is 1. The molecule has 11 heteroatoms. The number of carboxylic acids is 1. The first kappa shape index (κ1) is 29.6. The quantitative estimate of drug-likeness (QED) is 0.153. The molecule has 2 heterocycles. The summed E-state index contributed by atoms with van der Waals surface area (Å²) in [6.07, 6.45) is 1.53. The second-order valence-electron chi connectivity index (χ2n) is 9.85. The average Bonchev–Trinajstić information content (AvgIpc) is 3.49. The number of fused-ring (bicyclic) bond motifs is 2. The Morgan fingerprint density at radius 2 is 1.82 bits per heavy atom. The van der Waals surface area contributed by atoms with Gasteiger partial charge in [-0.25, -0.2) is 9.78 Å². The van der Waals surface area contributed by atoms with Crippen LogP contribution in [0.3, 0.4) is 0 Å². The third-order valence-corrected chi connectivity index (χ3v) is 7.52. The van der Waals surface area contributed by atoms with Gasteiger partial charge in [0.05, 0.1) is 46.3 Å². The highest BCUT2D eigenvalue weighted by atomic mass is 79.9. The van der Waals surface area contributed by atoms with Gasteiger partial charge in [-0.05, 0) is 88.6 Å². The van der Waals surface area contributed by atoms with Crippen molar-refractivity contribution in [1.29, 1.82) is 0 Å². The number of aromatic nitrogens is 2. The largest absolute Gasteiger partial charge is 0.496 e. The van der Waals surface area contributed by atoms with E-state index in [1.807, 2.05) is 31.2 Å². The van der Waals surface area contributed by atoms with Crippen molar-refractivity contribution in [2.45, 2.75) is 13.5 Å². The SMILES string of the molecule is CCOc1cc(C=Nn2c(-c3cc4c(OC)cccc4o3)nc3ccccc3c2=O)cc(Br)c1OCc1cccc(C(=O)O)c1. The Kier molecular flexibility index (Phi) is 8.35. The molecule has 0 bridgehead atoms. The molecule has 0 aliphatic rings. The van der Waals surface area contributed by atoms with Crippen LogP contribution in [0.25, 0.3) is 33.5 Å². The van der Waals surface area contributed by atoms with E-state index >= 15 is 0 Å². The van der Waals surface area contributed by atoms with E-state index in [9.17, 15) is 14.7 Å². The van der Waals surface area contributed by atoms with Gasteiger partial charge < -0.3 is 23.7 Å². The van der Waals surface area contributed by atoms with Gasteiger partial charge in [0.15, 0.2) is 17.3 Å². The minimum atomic E-state index is -1.01. The van der Waals surface area contributed by atoms with Crippen molar-refractivity contribution in [3.8, 4) is 28.8 Å². The van der Waals surface area contributed by atoms with Gasteiger partial charge in [-0.15, -0.1) is 0 Å². The number of methoxy groups -OCH3 is 1. The summed E-state index contributed by atoms with van der Waals surface area (Å²) in [5, 5.41) is 15.0. The topological polar surface area (TPSA) is 125 Å². The first-order valence-corrected chi connectivity index (χ1v) is 14.7. The van der Waals surface area contributed by atoms with Gasteiger partial charge in [0, 0.05) is 0 Å². The number of carboxylic acid groups (broad SMARTS) is 1. The van der Waals surface area contributed by atoms with Crippen molar-refractivity contribution >= 4 is 50.0 Å². The first-order chi connectivity index (χ1) is 21.9. The summed E-state index contributed by atoms with van der Waals surface area (Å²) in [7, 11) is 1.58. The summed E-state index contributed by atoms with van der Waals surface area (Å²) in [5.41, 5.74) is 2.20. The summed E-state index contributed by atoms with van der Waals surface area (Å²) in [6, 6.07) is 24.3. The van der Waals surface area contributed by atoms with Gasteiger partial charge in [0.25, 0.3) is 5.56 Å². The molecule has 0 radical (unpaired) electrons. The molecule has 0 atom stereocenters. The third kappa shape index (κ3) is 6.02. The molecule has 0 fully saturated rings. The molecule has 4 aromatic carbocycles. The lowest BCUT2D eigenvalue weighted by Crippen LogP contribution is -2.20. The van der Waals surface area contributed by atoms with Crippen molar-refractivity contribution in [1.82, 2.24) is 9.66 Å². The van der Waals surface area contributed by atoms with Crippen LogP contribution in [-0.2, 0) is 6.61 Å². The highest BCUT2D eigenvalue weighted by Crippen LogP contribution is 2.37. The minimum absolute atomic E-state index is 0.122. The molecular formula is C34H26BrN3O7. The normalized spacial score (nSPS) is 11.4. The van der Waals surface area contributed by atoms with E-state index in [2.05, 4.69) is 21.0 Å². The molecule has 0 saturated carbocycles. The molecule has 2 aromatic heterocycles. The zero-order valence-corrected chi connectivity index (χ0v) is 25.8. The Morgan fingerprint density at radius 1 is 1.00 bits per heavy atom. The molecule has 1 N–H and O–H groups in total. The van der Waals surface area contributed by atoms with Crippen LogP contribution in [0.2, 0.25) is 0 Å². The molecule has 0 amide bonds. The van der Waals surface area contributed by atoms with Crippen molar-refractivity contribution in [3.05, 3.63) is 116 Å². The van der Waals surface area contributed by atoms with Gasteiger partial charge in [-0.2, -0.15) is 9.78 Å². The molecule has 0 saturated heterocycles. The van der Waals surface area contributed by atoms with Crippen LogP contribution >= 0.6 is 15.9 Å². The van der Waals surface area contributed by atoms with Crippen LogP contribution in [0.1, 0.15) is 28.4 Å². The second-order valence-corrected chi connectivity index (χ2v) is 10.7. The summed E-state index contributed by atoms with van der Waals surface area (Å²) >= 11 is 3.57. The Hall–Kier alpha value is -5.42. The number of hydrogen-bond donors (Lipinski definition) is 1. The lowest BCUT2D eigenvalue weighted by atomic mass is 10.1. The predicted octanol–water partition coefficient (Wildman–Crippen LogP) is 7.14. The van der Waals surface area contributed by atoms with Crippen molar-refractivity contribution in [2.24, 2.45) is 5.10 Å². The number of benzene rings is 4. The van der Waals surface area contributed by atoms with Gasteiger partial charge >= 0.3 is 5.97 Å². The van der Waals surface area contributed by atoms with Crippen molar-refractivity contribution in [3.63, 3.8) is 0 Å². The highest BCUT2D eigenvalue weighted by Gasteiger charge is 2.18. The van der Waals surface area contributed by atoms with E-state index in [0.29, 0.717) is 61.7 Å². The molecule has 6 rings (SSSR count). The third-order valence-electron chi connectivity index (χ3n) is 6.93. The molecule has 10 nitrogen and oxygen atoms in total. The smallest absolute Gasteiger partial charge is 0.335 e. The Morgan fingerprint density at radius 3 is 2.62 bits per heavy atom. The fourth-order valence-electron chi connectivity index (χ4n) is 4.85. The number of ether oxygens (including phenoxy) is 3. The molecule has 0 aliphatic carbocycles. The van der Waals surface area contributed by atoms with Gasteiger partial charge in [-0.1, -0.05) is 30.3 Å². The minimum Gasteiger partial charge on any atom is -0.496 e. The standard InChI is InChI=1S/C34H26BrN3O7/c1-3-43-29-16-21(15-25(35)31(29)44-19-20-8-6-9-22(14-20)34(40)41)18-36-38-32(37-26-11-5-4-10-23(26)33(38)39)30-17-24-27(42-2)12-7-13-28(24)45-30/h4-18H,3,19H2,1-2H3,(H,40,41). The second kappa shape index (κ2) is 12.7. The number of halogens is 1. The van der Waals surface area contributed by atoms with Crippen LogP contribution in [-0.4, -0.2) is 40.7 Å². The van der Waals surface area contributed by atoms with Gasteiger partial charge in [0.2, 0.25) is 5.82 Å². The monoisotopic (exact) mass is 667 g/mol. The van der Waals surface area contributed by atoms with Crippen LogP contribution in [0.5, 0.6) is 17.2 Å². The molecule has 226 valence electrons.